The highest BCUT2D eigenvalue weighted by Crippen LogP contribution is 2.26. The van der Waals surface area contributed by atoms with E-state index in [9.17, 15) is 0 Å². The van der Waals surface area contributed by atoms with Crippen LogP contribution in [-0.4, -0.2) is 10.2 Å². The molecule has 0 amide bonds. The topological polar surface area (TPSA) is 25.8 Å². The molecule has 2 rings (SSSR count). The van der Waals surface area contributed by atoms with E-state index in [2.05, 4.69) is 32.8 Å². The molecule has 1 aromatic carbocycles. The van der Waals surface area contributed by atoms with Crippen LogP contribution in [0.2, 0.25) is 5.02 Å². The number of rotatable bonds is 1. The van der Waals surface area contributed by atoms with Crippen LogP contribution in [0.25, 0.3) is 10.6 Å². The molecule has 0 unspecified atom stereocenters. The molecule has 1 aromatic heterocycles. The summed E-state index contributed by atoms with van der Waals surface area (Å²) in [6.07, 6.45) is 0. The molecule has 0 aliphatic heterocycles. The van der Waals surface area contributed by atoms with Crippen LogP contribution in [0, 0.1) is 3.57 Å². The first-order valence-corrected chi connectivity index (χ1v) is 5.82. The lowest BCUT2D eigenvalue weighted by Gasteiger charge is -1.97. The smallest absolute Gasteiger partial charge is 0.147 e. The van der Waals surface area contributed by atoms with Gasteiger partial charge in [0.05, 0.1) is 0 Å². The van der Waals surface area contributed by atoms with Crippen molar-refractivity contribution < 1.29 is 0 Å². The average Bonchev–Trinajstić information content (AvgIpc) is 2.53. The SMILES string of the molecule is Clc1cc(I)cc(-c2nncs2)c1. The second kappa shape index (κ2) is 3.89. The fraction of sp³-hybridized carbons (Fsp3) is 0. The van der Waals surface area contributed by atoms with Crippen LogP contribution in [0.4, 0.5) is 0 Å². The van der Waals surface area contributed by atoms with E-state index in [0.29, 0.717) is 0 Å². The Bertz CT molecular complexity index is 396. The molecule has 2 nitrogen and oxygen atoms in total. The number of benzene rings is 1. The maximum absolute atomic E-state index is 5.92. The fourth-order valence-corrected chi connectivity index (χ4v) is 2.61. The van der Waals surface area contributed by atoms with E-state index in [1.165, 1.54) is 11.3 Å². The van der Waals surface area contributed by atoms with Gasteiger partial charge in [0.25, 0.3) is 0 Å². The highest BCUT2D eigenvalue weighted by molar-refractivity contribution is 14.1. The molecule has 0 fully saturated rings. The summed E-state index contributed by atoms with van der Waals surface area (Å²) in [6, 6.07) is 5.84. The monoisotopic (exact) mass is 322 g/mol. The molecule has 0 atom stereocenters. The van der Waals surface area contributed by atoms with Gasteiger partial charge in [-0.1, -0.05) is 22.9 Å². The summed E-state index contributed by atoms with van der Waals surface area (Å²) < 4.78 is 1.11. The summed E-state index contributed by atoms with van der Waals surface area (Å²) in [4.78, 5) is 0. The summed E-state index contributed by atoms with van der Waals surface area (Å²) >= 11 is 9.66. The molecule has 0 saturated heterocycles. The van der Waals surface area contributed by atoms with Crippen molar-refractivity contribution in [2.45, 2.75) is 0 Å². The zero-order chi connectivity index (χ0) is 9.26. The van der Waals surface area contributed by atoms with Gasteiger partial charge in [-0.15, -0.1) is 10.2 Å². The third-order valence-corrected chi connectivity index (χ3v) is 3.05. The minimum Gasteiger partial charge on any atom is -0.147 e. The van der Waals surface area contributed by atoms with Crippen molar-refractivity contribution in [1.82, 2.24) is 10.2 Å². The lowest BCUT2D eigenvalue weighted by atomic mass is 10.2. The summed E-state index contributed by atoms with van der Waals surface area (Å²) in [5.74, 6) is 0. The van der Waals surface area contributed by atoms with Gasteiger partial charge in [0, 0.05) is 14.2 Å². The van der Waals surface area contributed by atoms with Crippen molar-refractivity contribution >= 4 is 45.5 Å². The van der Waals surface area contributed by atoms with Crippen LogP contribution in [-0.2, 0) is 0 Å². The average molecular weight is 323 g/mol. The molecule has 13 heavy (non-hydrogen) atoms. The van der Waals surface area contributed by atoms with E-state index >= 15 is 0 Å². The Morgan fingerprint density at radius 2 is 2.15 bits per heavy atom. The lowest BCUT2D eigenvalue weighted by Crippen LogP contribution is -1.79. The number of nitrogens with zero attached hydrogens (tertiary/aromatic N) is 2. The first kappa shape index (κ1) is 9.36. The molecule has 1 heterocycles. The Kier molecular flexibility index (Phi) is 2.80. The van der Waals surface area contributed by atoms with Gasteiger partial charge in [-0.2, -0.15) is 0 Å². The third-order valence-electron chi connectivity index (χ3n) is 1.47. The third kappa shape index (κ3) is 2.18. The zero-order valence-corrected chi connectivity index (χ0v) is 10.1. The summed E-state index contributed by atoms with van der Waals surface area (Å²) in [6.45, 7) is 0. The van der Waals surface area contributed by atoms with E-state index in [4.69, 9.17) is 11.6 Å². The first-order valence-electron chi connectivity index (χ1n) is 3.48. The lowest BCUT2D eigenvalue weighted by molar-refractivity contribution is 1.10. The summed E-state index contributed by atoms with van der Waals surface area (Å²) in [7, 11) is 0. The molecule has 0 radical (unpaired) electrons. The second-order valence-electron chi connectivity index (χ2n) is 2.40. The largest absolute Gasteiger partial charge is 0.147 e. The van der Waals surface area contributed by atoms with Gasteiger partial charge < -0.3 is 0 Å². The van der Waals surface area contributed by atoms with Crippen molar-refractivity contribution in [3.8, 4) is 10.6 Å². The van der Waals surface area contributed by atoms with Crippen LogP contribution < -0.4 is 0 Å². The quantitative estimate of drug-likeness (QED) is 0.751. The van der Waals surface area contributed by atoms with Gasteiger partial charge in [0.1, 0.15) is 10.5 Å². The molecule has 0 aliphatic rings. The van der Waals surface area contributed by atoms with Crippen molar-refractivity contribution in [3.63, 3.8) is 0 Å². The van der Waals surface area contributed by atoms with Crippen LogP contribution in [0.5, 0.6) is 0 Å². The van der Waals surface area contributed by atoms with E-state index < -0.39 is 0 Å². The Labute approximate surface area is 98.1 Å². The van der Waals surface area contributed by atoms with Gasteiger partial charge in [0.15, 0.2) is 0 Å². The van der Waals surface area contributed by atoms with E-state index in [0.717, 1.165) is 19.2 Å². The number of hydrogen-bond donors (Lipinski definition) is 0. The highest BCUT2D eigenvalue weighted by Gasteiger charge is 2.03. The molecule has 0 aliphatic carbocycles. The Balaban J connectivity index is 2.53. The zero-order valence-electron chi connectivity index (χ0n) is 6.37. The van der Waals surface area contributed by atoms with Crippen molar-refractivity contribution in [1.29, 1.82) is 0 Å². The van der Waals surface area contributed by atoms with Crippen LogP contribution in [0.3, 0.4) is 0 Å². The molecule has 5 heteroatoms. The molecule has 0 N–H and O–H groups in total. The van der Waals surface area contributed by atoms with Gasteiger partial charge >= 0.3 is 0 Å². The van der Waals surface area contributed by atoms with Gasteiger partial charge in [-0.05, 0) is 40.8 Å². The minimum absolute atomic E-state index is 0.733. The highest BCUT2D eigenvalue weighted by atomic mass is 127. The fourth-order valence-electron chi connectivity index (χ4n) is 0.976. The maximum Gasteiger partial charge on any atom is 0.147 e. The number of hydrogen-bond acceptors (Lipinski definition) is 3. The number of halogens is 2. The molecular weight excluding hydrogens is 319 g/mol. The first-order chi connectivity index (χ1) is 6.25. The molecule has 2 aromatic rings. The minimum atomic E-state index is 0.733. The Morgan fingerprint density at radius 3 is 2.77 bits per heavy atom. The van der Waals surface area contributed by atoms with E-state index in [-0.39, 0.29) is 0 Å². The molecule has 0 saturated carbocycles. The van der Waals surface area contributed by atoms with Crippen molar-refractivity contribution in [3.05, 3.63) is 32.3 Å². The standard InChI is InChI=1S/C8H4ClIN2S/c9-6-1-5(2-7(10)3-6)8-12-11-4-13-8/h1-4H. The van der Waals surface area contributed by atoms with Crippen LogP contribution in [0.1, 0.15) is 0 Å². The summed E-state index contributed by atoms with van der Waals surface area (Å²) in [5.41, 5.74) is 2.74. The van der Waals surface area contributed by atoms with Crippen molar-refractivity contribution in [2.24, 2.45) is 0 Å². The predicted molar refractivity (Wildman–Crippen MR) is 63.1 cm³/mol. The van der Waals surface area contributed by atoms with Gasteiger partial charge in [-0.3, -0.25) is 0 Å². The maximum atomic E-state index is 5.92. The number of aromatic nitrogens is 2. The van der Waals surface area contributed by atoms with Gasteiger partial charge in [-0.25, -0.2) is 0 Å². The normalized spacial score (nSPS) is 10.3. The summed E-state index contributed by atoms with van der Waals surface area (Å²) in [5, 5.41) is 9.39. The van der Waals surface area contributed by atoms with E-state index in [1.54, 1.807) is 5.51 Å². The molecule has 0 spiro atoms. The molecule has 0 bridgehead atoms. The van der Waals surface area contributed by atoms with Gasteiger partial charge in [0.2, 0.25) is 0 Å². The van der Waals surface area contributed by atoms with Crippen LogP contribution in [0.15, 0.2) is 23.7 Å². The van der Waals surface area contributed by atoms with Crippen LogP contribution >= 0.6 is 45.5 Å². The second-order valence-corrected chi connectivity index (χ2v) is 4.92. The Morgan fingerprint density at radius 1 is 1.31 bits per heavy atom. The molecule has 66 valence electrons. The van der Waals surface area contributed by atoms with E-state index in [1.807, 2.05) is 18.2 Å². The van der Waals surface area contributed by atoms with Crippen molar-refractivity contribution in [2.75, 3.05) is 0 Å². The molecular formula is C8H4ClIN2S. The predicted octanol–water partition coefficient (Wildman–Crippen LogP) is 3.46. The Hall–Kier alpha value is -0.200.